The second kappa shape index (κ2) is 12.7. The highest BCUT2D eigenvalue weighted by Gasteiger charge is 2.21. The Morgan fingerprint density at radius 2 is 1.78 bits per heavy atom. The molecule has 10 heteroatoms. The topological polar surface area (TPSA) is 92.0 Å². The van der Waals surface area contributed by atoms with E-state index in [4.69, 9.17) is 42.4 Å². The lowest BCUT2D eigenvalue weighted by atomic mass is 9.96. The SMILES string of the molecule is CCOC(=O)[C@H](C)Oc1c(Cl)cc(C=Nn2c(-c3cc(C(C)C)c(OC)cc3C)nc3ccccc3c2=O)cc1Cl. The molecule has 0 aliphatic rings. The summed E-state index contributed by atoms with van der Waals surface area (Å²) in [6, 6.07) is 14.2. The number of aryl methyl sites for hydroxylation is 1. The minimum atomic E-state index is -0.905. The number of hydrogen-bond acceptors (Lipinski definition) is 7. The Bertz CT molecular complexity index is 1670. The Morgan fingerprint density at radius 1 is 1.10 bits per heavy atom. The highest BCUT2D eigenvalue weighted by atomic mass is 35.5. The summed E-state index contributed by atoms with van der Waals surface area (Å²) in [6.45, 7) is 9.57. The first-order valence-corrected chi connectivity index (χ1v) is 13.9. The predicted octanol–water partition coefficient (Wildman–Crippen LogP) is 7.02. The molecule has 0 aliphatic heterocycles. The first kappa shape index (κ1) is 30.1. The summed E-state index contributed by atoms with van der Waals surface area (Å²) in [4.78, 5) is 30.5. The monoisotopic (exact) mass is 595 g/mol. The van der Waals surface area contributed by atoms with Gasteiger partial charge in [-0.2, -0.15) is 9.78 Å². The number of nitrogens with zero attached hydrogens (tertiary/aromatic N) is 3. The van der Waals surface area contributed by atoms with E-state index < -0.39 is 12.1 Å². The molecule has 1 atom stereocenters. The van der Waals surface area contributed by atoms with E-state index >= 15 is 0 Å². The van der Waals surface area contributed by atoms with E-state index in [2.05, 4.69) is 18.9 Å². The van der Waals surface area contributed by atoms with Gasteiger partial charge in [-0.1, -0.05) is 49.2 Å². The van der Waals surface area contributed by atoms with E-state index in [1.54, 1.807) is 51.3 Å². The fourth-order valence-electron chi connectivity index (χ4n) is 4.35. The van der Waals surface area contributed by atoms with Crippen molar-refractivity contribution in [2.24, 2.45) is 5.10 Å². The number of halogens is 2. The molecule has 4 rings (SSSR count). The quantitative estimate of drug-likeness (QED) is 0.152. The maximum absolute atomic E-state index is 13.7. The van der Waals surface area contributed by atoms with Crippen molar-refractivity contribution in [3.8, 4) is 22.9 Å². The summed E-state index contributed by atoms with van der Waals surface area (Å²) in [5.74, 6) is 0.933. The van der Waals surface area contributed by atoms with Crippen LogP contribution in [-0.2, 0) is 9.53 Å². The van der Waals surface area contributed by atoms with Gasteiger partial charge < -0.3 is 14.2 Å². The Morgan fingerprint density at radius 3 is 2.41 bits per heavy atom. The number of rotatable bonds is 9. The molecule has 0 saturated heterocycles. The summed E-state index contributed by atoms with van der Waals surface area (Å²) in [5, 5.41) is 5.31. The average molecular weight is 597 g/mol. The number of para-hydroxylation sites is 1. The largest absolute Gasteiger partial charge is 0.496 e. The first-order valence-electron chi connectivity index (χ1n) is 13.1. The van der Waals surface area contributed by atoms with Crippen LogP contribution in [0.4, 0.5) is 0 Å². The standard InChI is InChI=1S/C31H31Cl2N3O5/c1-7-40-31(38)19(5)41-28-24(32)13-20(14-25(28)33)16-34-36-29(35-26-11-9-8-10-21(26)30(36)37)23-15-22(17(2)3)27(39-6)12-18(23)4/h8-17,19H,7H2,1-6H3/t19-/m0/s1. The van der Waals surface area contributed by atoms with Crippen LogP contribution in [0.3, 0.4) is 0 Å². The first-order chi connectivity index (χ1) is 19.5. The molecule has 41 heavy (non-hydrogen) atoms. The van der Waals surface area contributed by atoms with Crippen LogP contribution in [0.15, 0.2) is 58.4 Å². The van der Waals surface area contributed by atoms with Crippen LogP contribution < -0.4 is 15.0 Å². The fourth-order valence-corrected chi connectivity index (χ4v) is 4.94. The highest BCUT2D eigenvalue weighted by molar-refractivity contribution is 6.37. The molecule has 0 radical (unpaired) electrons. The van der Waals surface area contributed by atoms with Crippen molar-refractivity contribution >= 4 is 46.3 Å². The molecule has 4 aromatic rings. The molecule has 1 aromatic heterocycles. The van der Waals surface area contributed by atoms with Crippen molar-refractivity contribution < 1.29 is 19.0 Å². The number of ether oxygens (including phenoxy) is 3. The molecule has 214 valence electrons. The summed E-state index contributed by atoms with van der Waals surface area (Å²) < 4.78 is 17.5. The third kappa shape index (κ3) is 6.39. The van der Waals surface area contributed by atoms with Gasteiger partial charge in [0.2, 0.25) is 0 Å². The molecule has 0 aliphatic carbocycles. The summed E-state index contributed by atoms with van der Waals surface area (Å²) in [5.41, 5.74) is 3.35. The second-order valence-electron chi connectivity index (χ2n) is 9.70. The maximum Gasteiger partial charge on any atom is 0.347 e. The molecule has 0 unspecified atom stereocenters. The van der Waals surface area contributed by atoms with Gasteiger partial charge >= 0.3 is 5.97 Å². The van der Waals surface area contributed by atoms with E-state index in [0.29, 0.717) is 22.3 Å². The molecule has 8 nitrogen and oxygen atoms in total. The molecule has 0 N–H and O–H groups in total. The maximum atomic E-state index is 13.7. The van der Waals surface area contributed by atoms with Crippen LogP contribution in [0.5, 0.6) is 11.5 Å². The van der Waals surface area contributed by atoms with Crippen molar-refractivity contribution in [3.63, 3.8) is 0 Å². The molecule has 0 bridgehead atoms. The highest BCUT2D eigenvalue weighted by Crippen LogP contribution is 2.36. The number of benzene rings is 3. The van der Waals surface area contributed by atoms with Crippen LogP contribution >= 0.6 is 23.2 Å². The molecular formula is C31H31Cl2N3O5. The molecule has 0 amide bonds. The lowest BCUT2D eigenvalue weighted by molar-refractivity contribution is -0.150. The lowest BCUT2D eigenvalue weighted by Gasteiger charge is -2.17. The van der Waals surface area contributed by atoms with Crippen LogP contribution in [0.1, 0.15) is 50.3 Å². The zero-order chi connectivity index (χ0) is 29.8. The Kier molecular flexibility index (Phi) is 9.35. The molecule has 3 aromatic carbocycles. The van der Waals surface area contributed by atoms with E-state index in [1.807, 2.05) is 25.1 Å². The van der Waals surface area contributed by atoms with Crippen LogP contribution in [0.25, 0.3) is 22.3 Å². The van der Waals surface area contributed by atoms with Gasteiger partial charge in [0.15, 0.2) is 17.7 Å². The number of carbonyl (C=O) groups excluding carboxylic acids is 1. The summed E-state index contributed by atoms with van der Waals surface area (Å²) in [7, 11) is 1.64. The zero-order valence-electron chi connectivity index (χ0n) is 23.7. The third-order valence-corrected chi connectivity index (χ3v) is 7.01. The minimum Gasteiger partial charge on any atom is -0.496 e. The number of esters is 1. The second-order valence-corrected chi connectivity index (χ2v) is 10.5. The van der Waals surface area contributed by atoms with E-state index in [9.17, 15) is 9.59 Å². The van der Waals surface area contributed by atoms with Gasteiger partial charge in [0.25, 0.3) is 5.56 Å². The Balaban J connectivity index is 1.83. The number of carbonyl (C=O) groups is 1. The van der Waals surface area contributed by atoms with Gasteiger partial charge in [-0.05, 0) is 79.8 Å². The Hall–Kier alpha value is -3.88. The van der Waals surface area contributed by atoms with Gasteiger partial charge in [-0.15, -0.1) is 0 Å². The van der Waals surface area contributed by atoms with Crippen molar-refractivity contribution in [1.82, 2.24) is 9.66 Å². The van der Waals surface area contributed by atoms with Gasteiger partial charge in [-0.3, -0.25) is 4.79 Å². The third-order valence-electron chi connectivity index (χ3n) is 6.45. The van der Waals surface area contributed by atoms with Gasteiger partial charge in [0, 0.05) is 5.56 Å². The molecule has 0 saturated carbocycles. The van der Waals surface area contributed by atoms with Gasteiger partial charge in [-0.25, -0.2) is 9.78 Å². The summed E-state index contributed by atoms with van der Waals surface area (Å²) >= 11 is 12.9. The molecule has 0 spiro atoms. The average Bonchev–Trinajstić information content (AvgIpc) is 2.94. The van der Waals surface area contributed by atoms with Crippen LogP contribution in [-0.4, -0.2) is 41.7 Å². The van der Waals surface area contributed by atoms with E-state index in [-0.39, 0.29) is 33.9 Å². The van der Waals surface area contributed by atoms with Crippen LogP contribution in [0, 0.1) is 6.92 Å². The van der Waals surface area contributed by atoms with E-state index in [1.165, 1.54) is 10.9 Å². The molecular weight excluding hydrogens is 565 g/mol. The van der Waals surface area contributed by atoms with Gasteiger partial charge in [0.1, 0.15) is 5.75 Å². The van der Waals surface area contributed by atoms with Gasteiger partial charge in [0.05, 0.1) is 40.9 Å². The van der Waals surface area contributed by atoms with E-state index in [0.717, 1.165) is 22.4 Å². The normalized spacial score (nSPS) is 12.2. The predicted molar refractivity (Wildman–Crippen MR) is 163 cm³/mol. The Labute approximate surface area is 248 Å². The number of fused-ring (bicyclic) bond motifs is 1. The van der Waals surface area contributed by atoms with Crippen molar-refractivity contribution in [2.45, 2.75) is 46.6 Å². The van der Waals surface area contributed by atoms with Crippen molar-refractivity contribution in [3.05, 3.63) is 85.6 Å². The minimum absolute atomic E-state index is 0.145. The number of aromatic nitrogens is 2. The number of hydrogen-bond donors (Lipinski definition) is 0. The molecule has 0 fully saturated rings. The fraction of sp³-hybridized carbons (Fsp3) is 0.290. The molecule has 1 heterocycles. The van der Waals surface area contributed by atoms with Crippen molar-refractivity contribution in [2.75, 3.05) is 13.7 Å². The van der Waals surface area contributed by atoms with Crippen molar-refractivity contribution in [1.29, 1.82) is 0 Å². The smallest absolute Gasteiger partial charge is 0.347 e. The number of methoxy groups -OCH3 is 1. The summed E-state index contributed by atoms with van der Waals surface area (Å²) in [6.07, 6.45) is 0.567. The van der Waals surface area contributed by atoms with Crippen LogP contribution in [0.2, 0.25) is 10.0 Å². The zero-order valence-corrected chi connectivity index (χ0v) is 25.2. The lowest BCUT2D eigenvalue weighted by Crippen LogP contribution is -2.26.